The number of allylic oxidation sites excluding steroid dienone is 1. The van der Waals surface area contributed by atoms with Gasteiger partial charge < -0.3 is 14.8 Å². The van der Waals surface area contributed by atoms with Gasteiger partial charge in [0.25, 0.3) is 5.56 Å². The molecule has 4 rings (SSSR count). The molecule has 8 nitrogen and oxygen atoms in total. The number of carbonyl (C=O) groups is 1. The molecular formula is C25H25N3O5. The third kappa shape index (κ3) is 3.95. The van der Waals surface area contributed by atoms with Crippen molar-refractivity contribution in [2.75, 3.05) is 11.9 Å². The zero-order chi connectivity index (χ0) is 23.7. The molecule has 3 aromatic rings. The van der Waals surface area contributed by atoms with Crippen molar-refractivity contribution in [2.24, 2.45) is 14.1 Å². The highest BCUT2D eigenvalue weighted by Crippen LogP contribution is 2.41. The van der Waals surface area contributed by atoms with Gasteiger partial charge in [0.15, 0.2) is 0 Å². The number of carbonyl (C=O) groups excluding carboxylic acids is 1. The van der Waals surface area contributed by atoms with Gasteiger partial charge in [0, 0.05) is 19.8 Å². The number of esters is 1. The SMILES string of the molecule is CCOC(=O)C1=C(C)Nc2c(c(=O)n(C)c(=O)n2C)C1c1cccc(Oc2ccccc2)c1. The molecule has 2 heterocycles. The molecule has 1 aliphatic rings. The summed E-state index contributed by atoms with van der Waals surface area (Å²) in [6, 6.07) is 16.6. The topological polar surface area (TPSA) is 91.6 Å². The fourth-order valence-electron chi connectivity index (χ4n) is 4.08. The van der Waals surface area contributed by atoms with E-state index in [2.05, 4.69) is 5.32 Å². The predicted octanol–water partition coefficient (Wildman–Crippen LogP) is 3.27. The zero-order valence-corrected chi connectivity index (χ0v) is 18.9. The van der Waals surface area contributed by atoms with E-state index in [0.29, 0.717) is 39.7 Å². The molecule has 2 aromatic carbocycles. The molecule has 1 aromatic heterocycles. The quantitative estimate of drug-likeness (QED) is 0.604. The van der Waals surface area contributed by atoms with E-state index in [1.807, 2.05) is 36.4 Å². The van der Waals surface area contributed by atoms with E-state index in [1.165, 1.54) is 11.6 Å². The van der Waals surface area contributed by atoms with Crippen LogP contribution in [0, 0.1) is 0 Å². The van der Waals surface area contributed by atoms with Crippen molar-refractivity contribution in [3.8, 4) is 11.5 Å². The van der Waals surface area contributed by atoms with Crippen LogP contribution in [0.15, 0.2) is 75.5 Å². The van der Waals surface area contributed by atoms with Crippen molar-refractivity contribution in [3.63, 3.8) is 0 Å². The molecule has 0 saturated carbocycles. The molecule has 0 saturated heterocycles. The van der Waals surface area contributed by atoms with E-state index in [1.54, 1.807) is 39.1 Å². The van der Waals surface area contributed by atoms with Gasteiger partial charge in [0.2, 0.25) is 0 Å². The van der Waals surface area contributed by atoms with Gasteiger partial charge in [-0.2, -0.15) is 0 Å². The van der Waals surface area contributed by atoms with Crippen LogP contribution >= 0.6 is 0 Å². The second-order valence-electron chi connectivity index (χ2n) is 7.77. The Kier molecular flexibility index (Phi) is 5.91. The van der Waals surface area contributed by atoms with Crippen molar-refractivity contribution < 1.29 is 14.3 Å². The number of hydrogen-bond donors (Lipinski definition) is 1. The summed E-state index contributed by atoms with van der Waals surface area (Å²) in [6.07, 6.45) is 0. The number of anilines is 1. The Balaban J connectivity index is 1.93. The maximum Gasteiger partial charge on any atom is 0.336 e. The monoisotopic (exact) mass is 447 g/mol. The summed E-state index contributed by atoms with van der Waals surface area (Å²) in [6.45, 7) is 3.65. The molecule has 0 bridgehead atoms. The summed E-state index contributed by atoms with van der Waals surface area (Å²) in [5.41, 5.74) is 0.864. The van der Waals surface area contributed by atoms with Crippen LogP contribution in [-0.4, -0.2) is 21.7 Å². The minimum Gasteiger partial charge on any atom is -0.463 e. The van der Waals surface area contributed by atoms with E-state index < -0.39 is 23.1 Å². The van der Waals surface area contributed by atoms with Crippen molar-refractivity contribution in [1.82, 2.24) is 9.13 Å². The van der Waals surface area contributed by atoms with E-state index in [0.717, 1.165) is 4.57 Å². The lowest BCUT2D eigenvalue weighted by Crippen LogP contribution is -2.43. The van der Waals surface area contributed by atoms with Crippen LogP contribution in [0.3, 0.4) is 0 Å². The summed E-state index contributed by atoms with van der Waals surface area (Å²) in [5.74, 6) is 0.305. The fraction of sp³-hybridized carbons (Fsp3) is 0.240. The molecule has 1 aliphatic heterocycles. The van der Waals surface area contributed by atoms with Gasteiger partial charge in [0.05, 0.1) is 23.7 Å². The molecule has 0 aliphatic carbocycles. The highest BCUT2D eigenvalue weighted by atomic mass is 16.5. The standard InChI is InChI=1S/C25H25N3O5/c1-5-32-24(30)19-15(2)26-22-21(23(29)28(4)25(31)27(22)3)20(19)16-10-9-13-18(14-16)33-17-11-7-6-8-12-17/h6-14,20,26H,5H2,1-4H3. The number of hydrogen-bond acceptors (Lipinski definition) is 6. The van der Waals surface area contributed by atoms with Crippen LogP contribution < -0.4 is 21.3 Å². The lowest BCUT2D eigenvalue weighted by molar-refractivity contribution is -0.138. The molecule has 0 spiro atoms. The van der Waals surface area contributed by atoms with Gasteiger partial charge in [-0.1, -0.05) is 30.3 Å². The fourth-order valence-corrected chi connectivity index (χ4v) is 4.08. The van der Waals surface area contributed by atoms with Crippen molar-refractivity contribution in [2.45, 2.75) is 19.8 Å². The van der Waals surface area contributed by atoms with Crippen LogP contribution in [0.1, 0.15) is 30.9 Å². The van der Waals surface area contributed by atoms with Crippen LogP contribution in [-0.2, 0) is 23.6 Å². The number of aromatic nitrogens is 2. The van der Waals surface area contributed by atoms with Crippen LogP contribution in [0.2, 0.25) is 0 Å². The van der Waals surface area contributed by atoms with E-state index in [9.17, 15) is 14.4 Å². The van der Waals surface area contributed by atoms with Crippen LogP contribution in [0.25, 0.3) is 0 Å². The average Bonchev–Trinajstić information content (AvgIpc) is 2.81. The molecule has 8 heteroatoms. The molecule has 33 heavy (non-hydrogen) atoms. The Bertz CT molecular complexity index is 1370. The number of para-hydroxylation sites is 1. The third-order valence-electron chi connectivity index (χ3n) is 5.65. The number of nitrogens with one attached hydrogen (secondary N) is 1. The highest BCUT2D eigenvalue weighted by Gasteiger charge is 2.37. The van der Waals surface area contributed by atoms with Gasteiger partial charge in [-0.15, -0.1) is 0 Å². The first-order valence-electron chi connectivity index (χ1n) is 10.6. The summed E-state index contributed by atoms with van der Waals surface area (Å²) in [4.78, 5) is 38.8. The molecule has 0 amide bonds. The van der Waals surface area contributed by atoms with Crippen molar-refractivity contribution >= 4 is 11.8 Å². The lowest BCUT2D eigenvalue weighted by Gasteiger charge is -2.31. The first-order chi connectivity index (χ1) is 15.8. The van der Waals surface area contributed by atoms with Crippen molar-refractivity contribution in [3.05, 3.63) is 97.8 Å². The maximum atomic E-state index is 13.3. The Morgan fingerprint density at radius 2 is 1.70 bits per heavy atom. The molecule has 0 radical (unpaired) electrons. The first-order valence-corrected chi connectivity index (χ1v) is 10.6. The minimum absolute atomic E-state index is 0.192. The van der Waals surface area contributed by atoms with E-state index in [-0.39, 0.29) is 6.61 Å². The summed E-state index contributed by atoms with van der Waals surface area (Å²) >= 11 is 0. The van der Waals surface area contributed by atoms with Crippen LogP contribution in [0.5, 0.6) is 11.5 Å². The number of benzene rings is 2. The van der Waals surface area contributed by atoms with Gasteiger partial charge in [-0.3, -0.25) is 13.9 Å². The van der Waals surface area contributed by atoms with E-state index in [4.69, 9.17) is 9.47 Å². The molecule has 1 unspecified atom stereocenters. The molecule has 1 atom stereocenters. The lowest BCUT2D eigenvalue weighted by atomic mass is 9.82. The predicted molar refractivity (Wildman–Crippen MR) is 125 cm³/mol. The Morgan fingerprint density at radius 3 is 2.39 bits per heavy atom. The molecular weight excluding hydrogens is 422 g/mol. The van der Waals surface area contributed by atoms with E-state index >= 15 is 0 Å². The summed E-state index contributed by atoms with van der Waals surface area (Å²) in [5, 5.41) is 3.08. The number of rotatable bonds is 5. The molecule has 0 fully saturated rings. The van der Waals surface area contributed by atoms with Gasteiger partial charge in [-0.25, -0.2) is 9.59 Å². The molecule has 170 valence electrons. The Morgan fingerprint density at radius 1 is 1.00 bits per heavy atom. The van der Waals surface area contributed by atoms with Gasteiger partial charge in [0.1, 0.15) is 17.3 Å². The second kappa shape index (κ2) is 8.82. The normalized spacial score (nSPS) is 15.0. The summed E-state index contributed by atoms with van der Waals surface area (Å²) in [7, 11) is 3.01. The van der Waals surface area contributed by atoms with Crippen molar-refractivity contribution in [1.29, 1.82) is 0 Å². The molecule has 1 N–H and O–H groups in total. The Hall–Kier alpha value is -4.07. The number of nitrogens with zero attached hydrogens (tertiary/aromatic N) is 2. The maximum absolute atomic E-state index is 13.3. The second-order valence-corrected chi connectivity index (χ2v) is 7.77. The third-order valence-corrected chi connectivity index (χ3v) is 5.65. The van der Waals surface area contributed by atoms with Gasteiger partial charge >= 0.3 is 11.7 Å². The first kappa shape index (κ1) is 22.1. The van der Waals surface area contributed by atoms with Gasteiger partial charge in [-0.05, 0) is 43.7 Å². The minimum atomic E-state index is -0.745. The number of fused-ring (bicyclic) bond motifs is 1. The summed E-state index contributed by atoms with van der Waals surface area (Å²) < 4.78 is 13.7. The van der Waals surface area contributed by atoms with Crippen LogP contribution in [0.4, 0.5) is 5.82 Å². The number of ether oxygens (including phenoxy) is 2. The Labute approximate surface area is 190 Å². The highest BCUT2D eigenvalue weighted by molar-refractivity contribution is 5.94. The zero-order valence-electron chi connectivity index (χ0n) is 18.9. The largest absolute Gasteiger partial charge is 0.463 e. The average molecular weight is 447 g/mol. The smallest absolute Gasteiger partial charge is 0.336 e.